The van der Waals surface area contributed by atoms with Crippen molar-refractivity contribution >= 4 is 17.3 Å². The standard InChI is InChI=1S/C20H24N2O4/c1-14(2)17-11-10-16(13-15(17)3)26-12-6-9-20(23)21-18-7-4-5-8-19(18)22(24)25/h4-5,7-8,10-11,13-14H,6,9,12H2,1-3H3,(H,21,23). The van der Waals surface area contributed by atoms with E-state index in [-0.39, 0.29) is 23.7 Å². The van der Waals surface area contributed by atoms with Crippen molar-refractivity contribution in [3.8, 4) is 5.75 Å². The third kappa shape index (κ3) is 5.31. The second-order valence-electron chi connectivity index (χ2n) is 6.45. The van der Waals surface area contributed by atoms with Crippen LogP contribution in [0.15, 0.2) is 42.5 Å². The third-order valence-electron chi connectivity index (χ3n) is 4.06. The van der Waals surface area contributed by atoms with Crippen molar-refractivity contribution < 1.29 is 14.5 Å². The first-order valence-electron chi connectivity index (χ1n) is 8.65. The Labute approximate surface area is 153 Å². The molecule has 0 bridgehead atoms. The number of benzene rings is 2. The van der Waals surface area contributed by atoms with Crippen molar-refractivity contribution in [1.82, 2.24) is 0 Å². The average molecular weight is 356 g/mol. The smallest absolute Gasteiger partial charge is 0.292 e. The zero-order valence-corrected chi connectivity index (χ0v) is 15.3. The summed E-state index contributed by atoms with van der Waals surface area (Å²) in [5.41, 5.74) is 2.58. The number of ether oxygens (including phenoxy) is 1. The normalized spacial score (nSPS) is 10.6. The average Bonchev–Trinajstić information content (AvgIpc) is 2.58. The predicted molar refractivity (Wildman–Crippen MR) is 102 cm³/mol. The van der Waals surface area contributed by atoms with Crippen LogP contribution in [-0.2, 0) is 4.79 Å². The molecule has 0 atom stereocenters. The molecule has 0 saturated carbocycles. The van der Waals surface area contributed by atoms with E-state index in [0.29, 0.717) is 18.9 Å². The summed E-state index contributed by atoms with van der Waals surface area (Å²) in [4.78, 5) is 22.4. The maximum absolute atomic E-state index is 12.0. The summed E-state index contributed by atoms with van der Waals surface area (Å²) in [5, 5.41) is 13.5. The van der Waals surface area contributed by atoms with Gasteiger partial charge in [0.05, 0.1) is 11.5 Å². The Bertz CT molecular complexity index is 787. The molecule has 0 heterocycles. The van der Waals surface area contributed by atoms with Gasteiger partial charge in [-0.2, -0.15) is 0 Å². The van der Waals surface area contributed by atoms with Crippen molar-refractivity contribution in [3.05, 3.63) is 63.7 Å². The van der Waals surface area contributed by atoms with Crippen LogP contribution in [0.4, 0.5) is 11.4 Å². The van der Waals surface area contributed by atoms with Gasteiger partial charge < -0.3 is 10.1 Å². The molecule has 6 heteroatoms. The topological polar surface area (TPSA) is 81.5 Å². The quantitative estimate of drug-likeness (QED) is 0.417. The fraction of sp³-hybridized carbons (Fsp3) is 0.350. The van der Waals surface area contributed by atoms with E-state index in [1.54, 1.807) is 12.1 Å². The molecular formula is C20H24N2O4. The minimum atomic E-state index is -0.512. The third-order valence-corrected chi connectivity index (χ3v) is 4.06. The maximum atomic E-state index is 12.0. The van der Waals surface area contributed by atoms with Gasteiger partial charge in [0.15, 0.2) is 0 Å². The van der Waals surface area contributed by atoms with Crippen LogP contribution in [0, 0.1) is 17.0 Å². The van der Waals surface area contributed by atoms with E-state index in [9.17, 15) is 14.9 Å². The molecule has 0 unspecified atom stereocenters. The molecule has 6 nitrogen and oxygen atoms in total. The first-order chi connectivity index (χ1) is 12.4. The number of para-hydroxylation sites is 2. The molecule has 0 aromatic heterocycles. The Morgan fingerprint density at radius 1 is 1.23 bits per heavy atom. The predicted octanol–water partition coefficient (Wildman–Crippen LogP) is 4.82. The van der Waals surface area contributed by atoms with Gasteiger partial charge in [-0.25, -0.2) is 0 Å². The zero-order valence-electron chi connectivity index (χ0n) is 15.3. The maximum Gasteiger partial charge on any atom is 0.292 e. The summed E-state index contributed by atoms with van der Waals surface area (Å²) in [6.45, 7) is 6.77. The summed E-state index contributed by atoms with van der Waals surface area (Å²) in [6, 6.07) is 12.1. The number of amides is 1. The van der Waals surface area contributed by atoms with Crippen molar-refractivity contribution in [3.63, 3.8) is 0 Å². The van der Waals surface area contributed by atoms with Gasteiger partial charge in [-0.1, -0.05) is 32.0 Å². The number of nitrogens with zero attached hydrogens (tertiary/aromatic N) is 1. The fourth-order valence-corrected chi connectivity index (χ4v) is 2.76. The summed E-state index contributed by atoms with van der Waals surface area (Å²) < 4.78 is 5.70. The van der Waals surface area contributed by atoms with E-state index in [1.807, 2.05) is 12.1 Å². The Hall–Kier alpha value is -2.89. The van der Waals surface area contributed by atoms with Gasteiger partial charge in [0.25, 0.3) is 5.69 Å². The molecule has 2 aromatic rings. The summed E-state index contributed by atoms with van der Waals surface area (Å²) in [6.07, 6.45) is 0.757. The molecule has 0 spiro atoms. The van der Waals surface area contributed by atoms with Gasteiger partial charge in [-0.05, 0) is 48.6 Å². The van der Waals surface area contributed by atoms with Crippen LogP contribution in [0.2, 0.25) is 0 Å². The summed E-state index contributed by atoms with van der Waals surface area (Å²) in [7, 11) is 0. The monoisotopic (exact) mass is 356 g/mol. The number of rotatable bonds is 8. The second kappa shape index (κ2) is 8.99. The van der Waals surface area contributed by atoms with Crippen molar-refractivity contribution in [2.24, 2.45) is 0 Å². The lowest BCUT2D eigenvalue weighted by Gasteiger charge is -2.12. The van der Waals surface area contributed by atoms with Gasteiger partial charge >= 0.3 is 0 Å². The largest absolute Gasteiger partial charge is 0.494 e. The lowest BCUT2D eigenvalue weighted by molar-refractivity contribution is -0.383. The van der Waals surface area contributed by atoms with Crippen LogP contribution in [0.1, 0.15) is 43.7 Å². The SMILES string of the molecule is Cc1cc(OCCCC(=O)Nc2ccccc2[N+](=O)[O-])ccc1C(C)C. The van der Waals surface area contributed by atoms with Gasteiger partial charge in [0.1, 0.15) is 11.4 Å². The fourth-order valence-electron chi connectivity index (χ4n) is 2.76. The van der Waals surface area contributed by atoms with Crippen LogP contribution in [0.5, 0.6) is 5.75 Å². The molecular weight excluding hydrogens is 332 g/mol. The molecule has 0 aliphatic carbocycles. The molecule has 0 aliphatic heterocycles. The van der Waals surface area contributed by atoms with E-state index in [4.69, 9.17) is 4.74 Å². The Kier molecular flexibility index (Phi) is 6.72. The Morgan fingerprint density at radius 3 is 2.62 bits per heavy atom. The summed E-state index contributed by atoms with van der Waals surface area (Å²) in [5.74, 6) is 0.982. The number of nitro groups is 1. The molecule has 1 amide bonds. The first kappa shape index (κ1) is 19.4. The lowest BCUT2D eigenvalue weighted by Crippen LogP contribution is -2.13. The van der Waals surface area contributed by atoms with Crippen LogP contribution < -0.4 is 10.1 Å². The number of nitrogens with one attached hydrogen (secondary N) is 1. The van der Waals surface area contributed by atoms with Gasteiger partial charge in [0, 0.05) is 12.5 Å². The molecule has 26 heavy (non-hydrogen) atoms. The van der Waals surface area contributed by atoms with Gasteiger partial charge in [0.2, 0.25) is 5.91 Å². The minimum absolute atomic E-state index is 0.113. The van der Waals surface area contributed by atoms with E-state index < -0.39 is 4.92 Å². The number of carbonyl (C=O) groups excluding carboxylic acids is 1. The van der Waals surface area contributed by atoms with Crippen LogP contribution in [0.3, 0.4) is 0 Å². The lowest BCUT2D eigenvalue weighted by atomic mass is 9.98. The van der Waals surface area contributed by atoms with E-state index in [1.165, 1.54) is 23.3 Å². The van der Waals surface area contributed by atoms with Crippen molar-refractivity contribution in [2.45, 2.75) is 39.5 Å². The highest BCUT2D eigenvalue weighted by Gasteiger charge is 2.14. The molecule has 1 N–H and O–H groups in total. The highest BCUT2D eigenvalue weighted by atomic mass is 16.6. The zero-order chi connectivity index (χ0) is 19.1. The molecule has 0 fully saturated rings. The molecule has 2 aromatic carbocycles. The second-order valence-corrected chi connectivity index (χ2v) is 6.45. The Balaban J connectivity index is 1.81. The van der Waals surface area contributed by atoms with E-state index in [0.717, 1.165) is 5.75 Å². The van der Waals surface area contributed by atoms with Gasteiger partial charge in [-0.15, -0.1) is 0 Å². The molecule has 0 radical (unpaired) electrons. The highest BCUT2D eigenvalue weighted by Crippen LogP contribution is 2.24. The Morgan fingerprint density at radius 2 is 1.96 bits per heavy atom. The van der Waals surface area contributed by atoms with E-state index >= 15 is 0 Å². The number of hydrogen-bond acceptors (Lipinski definition) is 4. The number of anilines is 1. The highest BCUT2D eigenvalue weighted by molar-refractivity contribution is 5.92. The summed E-state index contributed by atoms with van der Waals surface area (Å²) >= 11 is 0. The number of carbonyl (C=O) groups is 1. The van der Waals surface area contributed by atoms with Crippen molar-refractivity contribution in [1.29, 1.82) is 0 Å². The van der Waals surface area contributed by atoms with Crippen LogP contribution in [0.25, 0.3) is 0 Å². The number of nitro benzene ring substituents is 1. The number of aryl methyl sites for hydroxylation is 1. The minimum Gasteiger partial charge on any atom is -0.494 e. The van der Waals surface area contributed by atoms with Gasteiger partial charge in [-0.3, -0.25) is 14.9 Å². The first-order valence-corrected chi connectivity index (χ1v) is 8.65. The van der Waals surface area contributed by atoms with Crippen LogP contribution in [-0.4, -0.2) is 17.4 Å². The molecule has 0 saturated heterocycles. The van der Waals surface area contributed by atoms with Crippen molar-refractivity contribution in [2.75, 3.05) is 11.9 Å². The van der Waals surface area contributed by atoms with E-state index in [2.05, 4.69) is 32.2 Å². The molecule has 0 aliphatic rings. The van der Waals surface area contributed by atoms with Crippen LogP contribution >= 0.6 is 0 Å². The number of hydrogen-bond donors (Lipinski definition) is 1. The molecule has 138 valence electrons. The molecule has 2 rings (SSSR count).